The first-order valence-electron chi connectivity index (χ1n) is 4.52. The molecular formula is C10H9F3O3S. The fraction of sp³-hybridized carbons (Fsp3) is 0.300. The van der Waals surface area contributed by atoms with Gasteiger partial charge >= 0.3 is 6.18 Å². The zero-order chi connectivity index (χ0) is 13.3. The number of carbonyl (C=O) groups is 1. The Morgan fingerprint density at radius 1 is 1.18 bits per heavy atom. The van der Waals surface area contributed by atoms with Gasteiger partial charge in [-0.1, -0.05) is 17.7 Å². The van der Waals surface area contributed by atoms with Gasteiger partial charge in [-0.05, 0) is 19.1 Å². The molecule has 0 saturated carbocycles. The number of rotatable bonds is 3. The van der Waals surface area contributed by atoms with Crippen molar-refractivity contribution >= 4 is 15.6 Å². The summed E-state index contributed by atoms with van der Waals surface area (Å²) in [4.78, 5) is 10.3. The van der Waals surface area contributed by atoms with E-state index >= 15 is 0 Å². The third kappa shape index (κ3) is 3.55. The number of hydrogen-bond acceptors (Lipinski definition) is 3. The van der Waals surface area contributed by atoms with E-state index in [1.165, 1.54) is 24.3 Å². The summed E-state index contributed by atoms with van der Waals surface area (Å²) in [6.45, 7) is 1.71. The van der Waals surface area contributed by atoms with Crippen LogP contribution in [-0.2, 0) is 14.6 Å². The molecule has 1 aromatic rings. The zero-order valence-corrected chi connectivity index (χ0v) is 9.60. The Kier molecular flexibility index (Phi) is 3.61. The van der Waals surface area contributed by atoms with Crippen molar-refractivity contribution in [2.75, 3.05) is 5.75 Å². The van der Waals surface area contributed by atoms with Crippen LogP contribution in [-0.4, -0.2) is 26.1 Å². The van der Waals surface area contributed by atoms with Crippen molar-refractivity contribution in [1.82, 2.24) is 0 Å². The molecule has 0 atom stereocenters. The van der Waals surface area contributed by atoms with E-state index in [9.17, 15) is 26.4 Å². The summed E-state index contributed by atoms with van der Waals surface area (Å²) in [6.07, 6.45) is -5.13. The lowest BCUT2D eigenvalue weighted by molar-refractivity contribution is -0.168. The van der Waals surface area contributed by atoms with Gasteiger partial charge < -0.3 is 0 Å². The van der Waals surface area contributed by atoms with Crippen LogP contribution in [0.4, 0.5) is 13.2 Å². The van der Waals surface area contributed by atoms with E-state index in [4.69, 9.17) is 0 Å². The first-order valence-corrected chi connectivity index (χ1v) is 6.17. The number of alkyl halides is 3. The second-order valence-electron chi connectivity index (χ2n) is 3.49. The van der Waals surface area contributed by atoms with Gasteiger partial charge in [-0.25, -0.2) is 8.42 Å². The Balaban J connectivity index is 2.98. The fourth-order valence-electron chi connectivity index (χ4n) is 1.08. The predicted molar refractivity (Wildman–Crippen MR) is 54.3 cm³/mol. The van der Waals surface area contributed by atoms with Gasteiger partial charge in [-0.2, -0.15) is 13.2 Å². The number of benzene rings is 1. The fourth-order valence-corrected chi connectivity index (χ4v) is 2.31. The summed E-state index contributed by atoms with van der Waals surface area (Å²) >= 11 is 0. The highest BCUT2D eigenvalue weighted by Gasteiger charge is 2.41. The molecule has 0 bridgehead atoms. The molecule has 1 aromatic carbocycles. The van der Waals surface area contributed by atoms with Crippen molar-refractivity contribution in [3.05, 3.63) is 29.8 Å². The topological polar surface area (TPSA) is 51.2 Å². The molecule has 17 heavy (non-hydrogen) atoms. The molecule has 1 rings (SSSR count). The van der Waals surface area contributed by atoms with E-state index in [-0.39, 0.29) is 4.90 Å². The SMILES string of the molecule is Cc1ccc(S(=O)(=O)CC(=O)C(F)(F)F)cc1. The average molecular weight is 266 g/mol. The molecular weight excluding hydrogens is 257 g/mol. The summed E-state index contributed by atoms with van der Waals surface area (Å²) in [5.74, 6) is -3.82. The van der Waals surface area contributed by atoms with Gasteiger partial charge in [-0.15, -0.1) is 0 Å². The maximum Gasteiger partial charge on any atom is 0.451 e. The van der Waals surface area contributed by atoms with Gasteiger partial charge in [0.1, 0.15) is 5.75 Å². The minimum absolute atomic E-state index is 0.291. The Morgan fingerprint density at radius 3 is 2.06 bits per heavy atom. The van der Waals surface area contributed by atoms with Crippen LogP contribution in [0.2, 0.25) is 0 Å². The second-order valence-corrected chi connectivity index (χ2v) is 5.48. The number of sulfone groups is 1. The van der Waals surface area contributed by atoms with Crippen molar-refractivity contribution < 1.29 is 26.4 Å². The third-order valence-electron chi connectivity index (χ3n) is 2.02. The molecule has 0 unspecified atom stereocenters. The van der Waals surface area contributed by atoms with Gasteiger partial charge in [0.2, 0.25) is 0 Å². The van der Waals surface area contributed by atoms with Gasteiger partial charge in [-0.3, -0.25) is 4.79 Å². The van der Waals surface area contributed by atoms with E-state index in [0.717, 1.165) is 5.56 Å². The molecule has 3 nitrogen and oxygen atoms in total. The van der Waals surface area contributed by atoms with Crippen LogP contribution in [0.1, 0.15) is 5.56 Å². The van der Waals surface area contributed by atoms with Crippen molar-refractivity contribution in [1.29, 1.82) is 0 Å². The minimum Gasteiger partial charge on any atom is -0.288 e. The van der Waals surface area contributed by atoms with Gasteiger partial charge in [0.25, 0.3) is 5.78 Å². The summed E-state index contributed by atoms with van der Waals surface area (Å²) in [7, 11) is -4.23. The number of hydrogen-bond donors (Lipinski definition) is 0. The quantitative estimate of drug-likeness (QED) is 0.839. The first-order chi connectivity index (χ1) is 7.63. The molecule has 0 aliphatic heterocycles. The van der Waals surface area contributed by atoms with Crippen molar-refractivity contribution in [2.24, 2.45) is 0 Å². The summed E-state index contributed by atoms with van der Waals surface area (Å²) in [5.41, 5.74) is 0.770. The number of halogens is 3. The molecule has 0 aliphatic carbocycles. The highest BCUT2D eigenvalue weighted by molar-refractivity contribution is 7.92. The number of Topliss-reactive ketones (excluding diaryl/α,β-unsaturated/α-hetero) is 1. The molecule has 94 valence electrons. The molecule has 0 heterocycles. The third-order valence-corrected chi connectivity index (χ3v) is 3.65. The standard InChI is InChI=1S/C10H9F3O3S/c1-7-2-4-8(5-3-7)17(15,16)6-9(14)10(11,12)13/h2-5H,6H2,1H3. The van der Waals surface area contributed by atoms with E-state index in [2.05, 4.69) is 0 Å². The normalized spacial score (nSPS) is 12.5. The lowest BCUT2D eigenvalue weighted by Gasteiger charge is -2.06. The highest BCUT2D eigenvalue weighted by atomic mass is 32.2. The molecule has 0 aromatic heterocycles. The number of aryl methyl sites for hydroxylation is 1. The Morgan fingerprint density at radius 2 is 1.65 bits per heavy atom. The van der Waals surface area contributed by atoms with Crippen LogP contribution in [0.25, 0.3) is 0 Å². The van der Waals surface area contributed by atoms with Crippen LogP contribution >= 0.6 is 0 Å². The largest absolute Gasteiger partial charge is 0.451 e. The van der Waals surface area contributed by atoms with Crippen LogP contribution in [0.3, 0.4) is 0 Å². The molecule has 0 spiro atoms. The van der Waals surface area contributed by atoms with Crippen LogP contribution in [0.15, 0.2) is 29.2 Å². The Hall–Kier alpha value is -1.37. The van der Waals surface area contributed by atoms with Gasteiger partial charge in [0.05, 0.1) is 4.90 Å². The van der Waals surface area contributed by atoms with E-state index in [0.29, 0.717) is 0 Å². The van der Waals surface area contributed by atoms with Crippen molar-refractivity contribution in [3.8, 4) is 0 Å². The zero-order valence-electron chi connectivity index (χ0n) is 8.78. The second kappa shape index (κ2) is 4.48. The monoisotopic (exact) mass is 266 g/mol. The molecule has 0 fully saturated rings. The van der Waals surface area contributed by atoms with Gasteiger partial charge in [0.15, 0.2) is 9.84 Å². The molecule has 0 amide bonds. The van der Waals surface area contributed by atoms with Crippen LogP contribution in [0.5, 0.6) is 0 Å². The number of carbonyl (C=O) groups excluding carboxylic acids is 1. The first kappa shape index (κ1) is 13.7. The van der Waals surface area contributed by atoms with E-state index in [1.54, 1.807) is 6.92 Å². The smallest absolute Gasteiger partial charge is 0.288 e. The Labute approximate surface area is 96.2 Å². The van der Waals surface area contributed by atoms with E-state index < -0.39 is 27.5 Å². The average Bonchev–Trinajstić information content (AvgIpc) is 2.16. The Bertz CT molecular complexity index is 515. The predicted octanol–water partition coefficient (Wildman–Crippen LogP) is 1.90. The number of ketones is 1. The van der Waals surface area contributed by atoms with Crippen LogP contribution < -0.4 is 0 Å². The summed E-state index contributed by atoms with van der Waals surface area (Å²) in [5, 5.41) is 0. The molecule has 0 N–H and O–H groups in total. The summed E-state index contributed by atoms with van der Waals surface area (Å²) < 4.78 is 58.8. The lowest BCUT2D eigenvalue weighted by Crippen LogP contribution is -2.30. The molecule has 7 heteroatoms. The highest BCUT2D eigenvalue weighted by Crippen LogP contribution is 2.20. The van der Waals surface area contributed by atoms with Crippen molar-refractivity contribution in [2.45, 2.75) is 18.0 Å². The summed E-state index contributed by atoms with van der Waals surface area (Å²) in [6, 6.07) is 5.25. The minimum atomic E-state index is -5.13. The molecule has 0 radical (unpaired) electrons. The van der Waals surface area contributed by atoms with Gasteiger partial charge in [0, 0.05) is 0 Å². The maximum atomic E-state index is 11.9. The molecule has 0 saturated heterocycles. The lowest BCUT2D eigenvalue weighted by atomic mass is 10.2. The van der Waals surface area contributed by atoms with Crippen LogP contribution in [0, 0.1) is 6.92 Å². The van der Waals surface area contributed by atoms with Crippen molar-refractivity contribution in [3.63, 3.8) is 0 Å². The molecule has 0 aliphatic rings. The van der Waals surface area contributed by atoms with E-state index in [1.807, 2.05) is 0 Å². The maximum absolute atomic E-state index is 11.9.